The maximum atomic E-state index is 10.3. The largest absolute Gasteiger partial charge is 0.425 e. The quantitative estimate of drug-likeness (QED) is 0.537. The highest BCUT2D eigenvalue weighted by atomic mass is 16.5. The van der Waals surface area contributed by atoms with E-state index in [1.807, 2.05) is 0 Å². The molecule has 2 atom stereocenters. The van der Waals surface area contributed by atoms with Crippen LogP contribution < -0.4 is 5.56 Å². The van der Waals surface area contributed by atoms with Gasteiger partial charge in [-0.3, -0.25) is 4.79 Å². The van der Waals surface area contributed by atoms with Gasteiger partial charge in [0.15, 0.2) is 0 Å². The minimum atomic E-state index is -0.708. The number of allylic oxidation sites excluding steroid dienone is 2. The predicted molar refractivity (Wildman–Crippen MR) is 58.2 cm³/mol. The molecule has 0 aliphatic heterocycles. The minimum Gasteiger partial charge on any atom is -0.425 e. The third kappa shape index (κ3) is 3.72. The average Bonchev–Trinajstić information content (AvgIpc) is 2.28. The summed E-state index contributed by atoms with van der Waals surface area (Å²) in [5, 5.41) is 26.1. The Balaban J connectivity index is 0.000000160. The Morgan fingerprint density at radius 2 is 1.62 bits per heavy atom. The highest BCUT2D eigenvalue weighted by Crippen LogP contribution is 2.02. The summed E-state index contributed by atoms with van der Waals surface area (Å²) in [6.45, 7) is 0. The Kier molecular flexibility index (Phi) is 4.50. The molecule has 1 aliphatic rings. The fourth-order valence-corrected chi connectivity index (χ4v) is 1.00. The van der Waals surface area contributed by atoms with Gasteiger partial charge in [0.05, 0.1) is 0 Å². The van der Waals surface area contributed by atoms with E-state index in [0.29, 0.717) is 4.73 Å². The highest BCUT2D eigenvalue weighted by molar-refractivity contribution is 5.15. The van der Waals surface area contributed by atoms with E-state index in [0.717, 1.165) is 0 Å². The number of aliphatic hydroxyl groups excluding tert-OH is 2. The zero-order chi connectivity index (χ0) is 12.0. The molecule has 0 spiro atoms. The lowest BCUT2D eigenvalue weighted by atomic mass is 10.1. The first kappa shape index (κ1) is 12.2. The molecule has 5 heteroatoms. The number of rotatable bonds is 0. The number of hydrogen-bond donors (Lipinski definition) is 3. The van der Waals surface area contributed by atoms with Gasteiger partial charge in [0.2, 0.25) is 0 Å². The summed E-state index contributed by atoms with van der Waals surface area (Å²) in [6.07, 6.45) is 6.37. The van der Waals surface area contributed by atoms with Gasteiger partial charge in [0.25, 0.3) is 5.56 Å². The van der Waals surface area contributed by atoms with Gasteiger partial charge in [0.1, 0.15) is 12.2 Å². The smallest absolute Gasteiger partial charge is 0.282 e. The van der Waals surface area contributed by atoms with Gasteiger partial charge in [-0.05, 0) is 6.07 Å². The molecule has 1 aromatic heterocycles. The van der Waals surface area contributed by atoms with Crippen LogP contribution in [0.3, 0.4) is 0 Å². The molecule has 86 valence electrons. The van der Waals surface area contributed by atoms with Crippen molar-refractivity contribution >= 4 is 0 Å². The van der Waals surface area contributed by atoms with Crippen molar-refractivity contribution in [3.63, 3.8) is 0 Å². The van der Waals surface area contributed by atoms with Crippen LogP contribution in [-0.4, -0.2) is 32.4 Å². The first-order chi connectivity index (χ1) is 7.61. The molecule has 3 N–H and O–H groups in total. The third-order valence-electron chi connectivity index (χ3n) is 1.88. The summed E-state index contributed by atoms with van der Waals surface area (Å²) in [5.74, 6) is 0. The standard InChI is InChI=1S/C6H8O2.C5H5NO2/c2*7-5-3-1-2-4-6(5)8/h1-8H;1-4,8H. The molecular weight excluding hydrogens is 210 g/mol. The number of pyridine rings is 1. The predicted octanol–water partition coefficient (Wildman–Crippen LogP) is -0.0802. The molecule has 0 saturated heterocycles. The second kappa shape index (κ2) is 5.89. The van der Waals surface area contributed by atoms with Crippen LogP contribution in [-0.2, 0) is 0 Å². The average molecular weight is 223 g/mol. The van der Waals surface area contributed by atoms with Gasteiger partial charge >= 0.3 is 0 Å². The van der Waals surface area contributed by atoms with Crippen LogP contribution in [0.25, 0.3) is 0 Å². The minimum absolute atomic E-state index is 0.410. The first-order valence-corrected chi connectivity index (χ1v) is 4.69. The Morgan fingerprint density at radius 3 is 1.94 bits per heavy atom. The third-order valence-corrected chi connectivity index (χ3v) is 1.88. The molecule has 2 rings (SSSR count). The van der Waals surface area contributed by atoms with Crippen molar-refractivity contribution in [2.24, 2.45) is 0 Å². The second-order valence-electron chi connectivity index (χ2n) is 3.13. The van der Waals surface area contributed by atoms with Crippen molar-refractivity contribution in [2.75, 3.05) is 0 Å². The van der Waals surface area contributed by atoms with Crippen LogP contribution in [0, 0.1) is 0 Å². The van der Waals surface area contributed by atoms with Gasteiger partial charge in [0, 0.05) is 12.3 Å². The Morgan fingerprint density at radius 1 is 1.06 bits per heavy atom. The maximum Gasteiger partial charge on any atom is 0.282 e. The SMILES string of the molecule is O=c1ccccn1O.OC1C=CC=CC1O. The van der Waals surface area contributed by atoms with Crippen LogP contribution in [0.2, 0.25) is 0 Å². The lowest BCUT2D eigenvalue weighted by molar-refractivity contribution is 0.0794. The van der Waals surface area contributed by atoms with E-state index in [2.05, 4.69) is 0 Å². The summed E-state index contributed by atoms with van der Waals surface area (Å²) in [5.41, 5.74) is -0.410. The van der Waals surface area contributed by atoms with Crippen molar-refractivity contribution in [3.05, 3.63) is 59.1 Å². The van der Waals surface area contributed by atoms with Crippen LogP contribution in [0.5, 0.6) is 0 Å². The topological polar surface area (TPSA) is 82.7 Å². The fraction of sp³-hybridized carbons (Fsp3) is 0.182. The lowest BCUT2D eigenvalue weighted by Crippen LogP contribution is -2.22. The van der Waals surface area contributed by atoms with Crippen molar-refractivity contribution in [3.8, 4) is 0 Å². The summed E-state index contributed by atoms with van der Waals surface area (Å²) in [6, 6.07) is 4.41. The van der Waals surface area contributed by atoms with Crippen molar-refractivity contribution < 1.29 is 15.4 Å². The van der Waals surface area contributed by atoms with Crippen molar-refractivity contribution in [1.29, 1.82) is 0 Å². The molecule has 0 bridgehead atoms. The highest BCUT2D eigenvalue weighted by Gasteiger charge is 2.09. The number of aromatic nitrogens is 1. The van der Waals surface area contributed by atoms with E-state index < -0.39 is 17.8 Å². The number of aliphatic hydroxyl groups is 2. The molecule has 0 fully saturated rings. The van der Waals surface area contributed by atoms with E-state index in [9.17, 15) is 4.79 Å². The van der Waals surface area contributed by atoms with Crippen molar-refractivity contribution in [2.45, 2.75) is 12.2 Å². The van der Waals surface area contributed by atoms with Gasteiger partial charge in [-0.1, -0.05) is 30.4 Å². The van der Waals surface area contributed by atoms with E-state index in [-0.39, 0.29) is 0 Å². The Bertz CT molecular complexity index is 420. The van der Waals surface area contributed by atoms with Crippen LogP contribution in [0.4, 0.5) is 0 Å². The van der Waals surface area contributed by atoms with Crippen LogP contribution in [0.1, 0.15) is 0 Å². The molecule has 0 aromatic carbocycles. The molecule has 1 aliphatic carbocycles. The first-order valence-electron chi connectivity index (χ1n) is 4.69. The lowest BCUT2D eigenvalue weighted by Gasteiger charge is -2.11. The summed E-state index contributed by atoms with van der Waals surface area (Å²) >= 11 is 0. The Hall–Kier alpha value is -1.85. The molecule has 0 amide bonds. The molecule has 1 heterocycles. The molecular formula is C11H13NO4. The van der Waals surface area contributed by atoms with Gasteiger partial charge in [-0.2, -0.15) is 4.73 Å². The number of nitrogens with zero attached hydrogens (tertiary/aromatic N) is 1. The van der Waals surface area contributed by atoms with Gasteiger partial charge in [-0.15, -0.1) is 0 Å². The van der Waals surface area contributed by atoms with E-state index in [4.69, 9.17) is 15.4 Å². The molecule has 1 aromatic rings. The zero-order valence-electron chi connectivity index (χ0n) is 8.47. The summed E-state index contributed by atoms with van der Waals surface area (Å²) in [7, 11) is 0. The Labute approximate surface area is 92.2 Å². The van der Waals surface area contributed by atoms with E-state index in [1.165, 1.54) is 12.3 Å². The second-order valence-corrected chi connectivity index (χ2v) is 3.13. The molecule has 16 heavy (non-hydrogen) atoms. The normalized spacial score (nSPS) is 22.4. The summed E-state index contributed by atoms with van der Waals surface area (Å²) in [4.78, 5) is 10.3. The van der Waals surface area contributed by atoms with Gasteiger partial charge in [-0.25, -0.2) is 0 Å². The number of hydrogen-bond acceptors (Lipinski definition) is 4. The molecule has 2 unspecified atom stereocenters. The maximum absolute atomic E-state index is 10.3. The van der Waals surface area contributed by atoms with Crippen LogP contribution in [0.15, 0.2) is 53.5 Å². The fourth-order valence-electron chi connectivity index (χ4n) is 1.00. The molecule has 0 saturated carbocycles. The van der Waals surface area contributed by atoms with E-state index >= 15 is 0 Å². The molecule has 0 radical (unpaired) electrons. The zero-order valence-corrected chi connectivity index (χ0v) is 8.47. The van der Waals surface area contributed by atoms with Crippen molar-refractivity contribution in [1.82, 2.24) is 4.73 Å². The van der Waals surface area contributed by atoms with Crippen LogP contribution >= 0.6 is 0 Å². The van der Waals surface area contributed by atoms with E-state index in [1.54, 1.807) is 36.4 Å². The monoisotopic (exact) mass is 223 g/mol. The summed E-state index contributed by atoms with van der Waals surface area (Å²) < 4.78 is 0.528. The van der Waals surface area contributed by atoms with Gasteiger partial charge < -0.3 is 15.4 Å². The molecule has 5 nitrogen and oxygen atoms in total.